The molecule has 3 rings (SSSR count). The second-order valence-electron chi connectivity index (χ2n) is 5.08. The van der Waals surface area contributed by atoms with Gasteiger partial charge in [-0.25, -0.2) is 0 Å². The molecule has 2 heteroatoms. The molecule has 0 heterocycles. The smallest absolute Gasteiger partial charge is 0.169 e. The quantitative estimate of drug-likeness (QED) is 0.697. The molecule has 1 nitrogen and oxygen atoms in total. The monoisotopic (exact) mass is 278 g/mol. The van der Waals surface area contributed by atoms with Crippen LogP contribution in [-0.2, 0) is 6.42 Å². The summed E-state index contributed by atoms with van der Waals surface area (Å²) < 4.78 is 1.10. The van der Waals surface area contributed by atoms with Crippen molar-refractivity contribution in [1.29, 1.82) is 0 Å². The lowest BCUT2D eigenvalue weighted by Gasteiger charge is -2.33. The number of rotatable bonds is 0. The zero-order valence-electron chi connectivity index (χ0n) is 9.26. The Bertz CT molecular complexity index is 444. The molecule has 2 aliphatic carbocycles. The molecule has 2 aliphatic rings. The average Bonchev–Trinajstić information content (AvgIpc) is 2.75. The summed E-state index contributed by atoms with van der Waals surface area (Å²) in [5, 5.41) is 0. The number of carbonyl (C=O) groups excluding carboxylic acids is 1. The molecule has 84 valence electrons. The van der Waals surface area contributed by atoms with Gasteiger partial charge in [0.05, 0.1) is 0 Å². The molecule has 0 atom stereocenters. The van der Waals surface area contributed by atoms with Gasteiger partial charge in [-0.05, 0) is 37.3 Å². The summed E-state index contributed by atoms with van der Waals surface area (Å²) in [6.07, 6.45) is 6.80. The fourth-order valence-corrected chi connectivity index (χ4v) is 3.88. The number of halogens is 1. The van der Waals surface area contributed by atoms with Gasteiger partial charge in [0.25, 0.3) is 0 Å². The highest BCUT2D eigenvalue weighted by molar-refractivity contribution is 9.10. The minimum absolute atomic E-state index is 0.00773. The maximum absolute atomic E-state index is 12.6. The summed E-state index contributed by atoms with van der Waals surface area (Å²) >= 11 is 3.55. The Labute approximate surface area is 104 Å². The molecule has 0 radical (unpaired) electrons. The predicted molar refractivity (Wildman–Crippen MR) is 67.7 cm³/mol. The van der Waals surface area contributed by atoms with Crippen LogP contribution in [0.2, 0.25) is 0 Å². The molecule has 0 aliphatic heterocycles. The van der Waals surface area contributed by atoms with Gasteiger partial charge >= 0.3 is 0 Å². The van der Waals surface area contributed by atoms with Gasteiger partial charge < -0.3 is 0 Å². The fourth-order valence-electron chi connectivity index (χ4n) is 3.32. The molecule has 1 aromatic carbocycles. The predicted octanol–water partition coefficient (Wildman–Crippen LogP) is 4.14. The highest BCUT2D eigenvalue weighted by atomic mass is 79.9. The SMILES string of the molecule is O=C1c2cccc(Br)c2CCC12CCCC2. The van der Waals surface area contributed by atoms with Crippen molar-refractivity contribution in [1.82, 2.24) is 0 Å². The third-order valence-electron chi connectivity index (χ3n) is 4.26. The molecule has 0 N–H and O–H groups in total. The molecule has 0 bridgehead atoms. The Morgan fingerprint density at radius 1 is 1.12 bits per heavy atom. The zero-order valence-corrected chi connectivity index (χ0v) is 10.8. The van der Waals surface area contributed by atoms with Crippen molar-refractivity contribution in [3.05, 3.63) is 33.8 Å². The fraction of sp³-hybridized carbons (Fsp3) is 0.500. The number of Topliss-reactive ketones (excluding diaryl/α,β-unsaturated/α-hetero) is 1. The standard InChI is InChI=1S/C14H15BrO/c15-12-5-3-4-11-10(12)6-9-14(13(11)16)7-1-2-8-14/h3-5H,1-2,6-9H2. The molecule has 0 amide bonds. The summed E-state index contributed by atoms with van der Waals surface area (Å²) in [4.78, 5) is 12.6. The summed E-state index contributed by atoms with van der Waals surface area (Å²) in [7, 11) is 0. The molecule has 0 unspecified atom stereocenters. The van der Waals surface area contributed by atoms with Crippen LogP contribution in [0.1, 0.15) is 48.0 Å². The van der Waals surface area contributed by atoms with Crippen molar-refractivity contribution in [2.45, 2.75) is 38.5 Å². The lowest BCUT2D eigenvalue weighted by atomic mass is 9.69. The van der Waals surface area contributed by atoms with E-state index in [1.165, 1.54) is 18.4 Å². The molecular weight excluding hydrogens is 264 g/mol. The van der Waals surface area contributed by atoms with Crippen LogP contribution in [0.5, 0.6) is 0 Å². The highest BCUT2D eigenvalue weighted by Gasteiger charge is 2.44. The topological polar surface area (TPSA) is 17.1 Å². The molecule has 1 fully saturated rings. The van der Waals surface area contributed by atoms with Crippen LogP contribution < -0.4 is 0 Å². The van der Waals surface area contributed by atoms with Gasteiger partial charge in [0.2, 0.25) is 0 Å². The summed E-state index contributed by atoms with van der Waals surface area (Å²) in [5.41, 5.74) is 2.21. The number of benzene rings is 1. The normalized spacial score (nSPS) is 22.4. The van der Waals surface area contributed by atoms with E-state index in [2.05, 4.69) is 15.9 Å². The van der Waals surface area contributed by atoms with Crippen LogP contribution in [0.15, 0.2) is 22.7 Å². The zero-order chi connectivity index (χ0) is 11.2. The Morgan fingerprint density at radius 2 is 1.88 bits per heavy atom. The molecule has 1 saturated carbocycles. The number of ketones is 1. The Morgan fingerprint density at radius 3 is 2.62 bits per heavy atom. The molecular formula is C14H15BrO. The maximum atomic E-state index is 12.6. The van der Waals surface area contributed by atoms with Crippen LogP contribution in [0.25, 0.3) is 0 Å². The lowest BCUT2D eigenvalue weighted by molar-refractivity contribution is 0.0765. The summed E-state index contributed by atoms with van der Waals surface area (Å²) in [5.74, 6) is 0.410. The number of carbonyl (C=O) groups is 1. The van der Waals surface area contributed by atoms with Crippen molar-refractivity contribution < 1.29 is 4.79 Å². The summed E-state index contributed by atoms with van der Waals surface area (Å²) in [6, 6.07) is 6.02. The van der Waals surface area contributed by atoms with Gasteiger partial charge in [0.15, 0.2) is 5.78 Å². The first-order valence-electron chi connectivity index (χ1n) is 6.05. The first-order chi connectivity index (χ1) is 7.73. The number of fused-ring (bicyclic) bond motifs is 1. The average molecular weight is 279 g/mol. The van der Waals surface area contributed by atoms with Crippen LogP contribution in [-0.4, -0.2) is 5.78 Å². The lowest BCUT2D eigenvalue weighted by Crippen LogP contribution is -2.33. The van der Waals surface area contributed by atoms with Crippen LogP contribution >= 0.6 is 15.9 Å². The molecule has 0 aromatic heterocycles. The van der Waals surface area contributed by atoms with Crippen molar-refractivity contribution >= 4 is 21.7 Å². The third kappa shape index (κ3) is 1.39. The van der Waals surface area contributed by atoms with E-state index in [4.69, 9.17) is 0 Å². The Hall–Kier alpha value is -0.630. The van der Waals surface area contributed by atoms with E-state index in [0.29, 0.717) is 5.78 Å². The van der Waals surface area contributed by atoms with E-state index in [1.807, 2.05) is 18.2 Å². The van der Waals surface area contributed by atoms with Crippen molar-refractivity contribution in [2.24, 2.45) is 5.41 Å². The minimum atomic E-state index is 0.00773. The third-order valence-corrected chi connectivity index (χ3v) is 5.00. The second-order valence-corrected chi connectivity index (χ2v) is 5.94. The van der Waals surface area contributed by atoms with E-state index in [9.17, 15) is 4.79 Å². The summed E-state index contributed by atoms with van der Waals surface area (Å²) in [6.45, 7) is 0. The van der Waals surface area contributed by atoms with Crippen LogP contribution in [0.3, 0.4) is 0 Å². The van der Waals surface area contributed by atoms with Crippen LogP contribution in [0, 0.1) is 5.41 Å². The van der Waals surface area contributed by atoms with E-state index in [-0.39, 0.29) is 5.41 Å². The maximum Gasteiger partial charge on any atom is 0.169 e. The Kier molecular flexibility index (Phi) is 2.43. The van der Waals surface area contributed by atoms with Gasteiger partial charge in [-0.15, -0.1) is 0 Å². The van der Waals surface area contributed by atoms with E-state index in [0.717, 1.165) is 35.7 Å². The van der Waals surface area contributed by atoms with Gasteiger partial charge in [-0.2, -0.15) is 0 Å². The van der Waals surface area contributed by atoms with Gasteiger partial charge in [0, 0.05) is 15.5 Å². The molecule has 16 heavy (non-hydrogen) atoms. The van der Waals surface area contributed by atoms with Crippen molar-refractivity contribution in [2.75, 3.05) is 0 Å². The largest absolute Gasteiger partial charge is 0.294 e. The van der Waals surface area contributed by atoms with E-state index in [1.54, 1.807) is 0 Å². The molecule has 0 saturated heterocycles. The Balaban J connectivity index is 2.08. The molecule has 1 aromatic rings. The number of hydrogen-bond donors (Lipinski definition) is 0. The second kappa shape index (κ2) is 3.69. The van der Waals surface area contributed by atoms with Crippen molar-refractivity contribution in [3.63, 3.8) is 0 Å². The molecule has 1 spiro atoms. The van der Waals surface area contributed by atoms with E-state index < -0.39 is 0 Å². The first-order valence-corrected chi connectivity index (χ1v) is 6.84. The van der Waals surface area contributed by atoms with E-state index >= 15 is 0 Å². The van der Waals surface area contributed by atoms with Gasteiger partial charge in [-0.3, -0.25) is 4.79 Å². The van der Waals surface area contributed by atoms with Gasteiger partial charge in [-0.1, -0.05) is 40.9 Å². The number of hydrogen-bond acceptors (Lipinski definition) is 1. The first kappa shape index (κ1) is 10.5. The minimum Gasteiger partial charge on any atom is -0.294 e. The highest BCUT2D eigenvalue weighted by Crippen LogP contribution is 2.48. The van der Waals surface area contributed by atoms with Gasteiger partial charge in [0.1, 0.15) is 0 Å². The van der Waals surface area contributed by atoms with Crippen LogP contribution in [0.4, 0.5) is 0 Å². The van der Waals surface area contributed by atoms with Crippen molar-refractivity contribution in [3.8, 4) is 0 Å².